The number of aromatic nitrogens is 1. The molecule has 0 aliphatic heterocycles. The zero-order valence-corrected chi connectivity index (χ0v) is 16.5. The van der Waals surface area contributed by atoms with Crippen LogP contribution in [0.2, 0.25) is 0 Å². The van der Waals surface area contributed by atoms with Gasteiger partial charge in [0.1, 0.15) is 22.2 Å². The van der Waals surface area contributed by atoms with Gasteiger partial charge in [-0.2, -0.15) is 0 Å². The van der Waals surface area contributed by atoms with E-state index in [0.717, 1.165) is 11.4 Å². The van der Waals surface area contributed by atoms with Crippen LogP contribution in [0.4, 0.5) is 11.5 Å². The van der Waals surface area contributed by atoms with E-state index in [1.807, 2.05) is 31.2 Å². The average Bonchev–Trinajstić information content (AvgIpc) is 2.97. The third-order valence-electron chi connectivity index (χ3n) is 3.79. The molecule has 0 fully saturated rings. The molecule has 0 aliphatic carbocycles. The quantitative estimate of drug-likeness (QED) is 0.594. The molecule has 1 amide bonds. The van der Waals surface area contributed by atoms with Gasteiger partial charge in [0, 0.05) is 17.4 Å². The summed E-state index contributed by atoms with van der Waals surface area (Å²) in [4.78, 5) is 13.0. The van der Waals surface area contributed by atoms with Gasteiger partial charge in [-0.05, 0) is 55.5 Å². The number of hydrogen-bond acceptors (Lipinski definition) is 6. The number of carbonyl (C=O) groups is 1. The largest absolute Gasteiger partial charge is 0.497 e. The van der Waals surface area contributed by atoms with Crippen molar-refractivity contribution < 1.29 is 14.3 Å². The lowest BCUT2D eigenvalue weighted by molar-refractivity contribution is 0.103. The molecule has 0 spiro atoms. The Morgan fingerprint density at radius 2 is 1.96 bits per heavy atom. The summed E-state index contributed by atoms with van der Waals surface area (Å²) in [5.74, 6) is 1.40. The van der Waals surface area contributed by atoms with Gasteiger partial charge in [-0.3, -0.25) is 9.36 Å². The molecule has 27 heavy (non-hydrogen) atoms. The van der Waals surface area contributed by atoms with Crippen LogP contribution in [0.5, 0.6) is 11.5 Å². The summed E-state index contributed by atoms with van der Waals surface area (Å²) in [6.45, 7) is 2.52. The Morgan fingerprint density at radius 1 is 1.22 bits per heavy atom. The van der Waals surface area contributed by atoms with E-state index in [0.29, 0.717) is 32.7 Å². The monoisotopic (exact) mass is 401 g/mol. The molecule has 1 aromatic heterocycles. The van der Waals surface area contributed by atoms with Crippen molar-refractivity contribution in [3.05, 3.63) is 57.4 Å². The van der Waals surface area contributed by atoms with Crippen molar-refractivity contribution in [2.45, 2.75) is 6.92 Å². The van der Waals surface area contributed by atoms with Crippen LogP contribution < -0.4 is 20.5 Å². The first-order valence-electron chi connectivity index (χ1n) is 8.23. The third kappa shape index (κ3) is 4.12. The summed E-state index contributed by atoms with van der Waals surface area (Å²) in [5, 5.41) is 2.82. The van der Waals surface area contributed by atoms with Gasteiger partial charge in [0.25, 0.3) is 5.91 Å². The number of nitrogens with two attached hydrogens (primary N) is 1. The molecule has 8 heteroatoms. The van der Waals surface area contributed by atoms with E-state index in [1.165, 1.54) is 11.3 Å². The minimum absolute atomic E-state index is 0.301. The van der Waals surface area contributed by atoms with Crippen LogP contribution in [0, 0.1) is 3.95 Å². The second-order valence-corrected chi connectivity index (χ2v) is 7.17. The van der Waals surface area contributed by atoms with Gasteiger partial charge in [0.15, 0.2) is 3.95 Å². The summed E-state index contributed by atoms with van der Waals surface area (Å²) in [5.41, 5.74) is 7.63. The molecule has 3 aromatic rings. The predicted molar refractivity (Wildman–Crippen MR) is 111 cm³/mol. The first-order valence-corrected chi connectivity index (χ1v) is 9.46. The number of nitrogens with zero attached hydrogens (tertiary/aromatic N) is 1. The van der Waals surface area contributed by atoms with Crippen LogP contribution in [0.15, 0.2) is 48.5 Å². The number of hydrogen-bond donors (Lipinski definition) is 2. The summed E-state index contributed by atoms with van der Waals surface area (Å²) < 4.78 is 12.8. The lowest BCUT2D eigenvalue weighted by atomic mass is 10.3. The molecule has 2 aromatic carbocycles. The maximum Gasteiger partial charge on any atom is 0.269 e. The molecule has 0 unspecified atom stereocenters. The number of nitrogens with one attached hydrogen (secondary N) is 1. The molecule has 0 saturated carbocycles. The fourth-order valence-electron chi connectivity index (χ4n) is 2.54. The molecule has 140 valence electrons. The SMILES string of the molecule is CCOc1ccc(-n2c(N)c(C(=O)Nc3cccc(OC)c3)sc2=S)cc1. The fraction of sp³-hybridized carbons (Fsp3) is 0.158. The molecule has 0 radical (unpaired) electrons. The highest BCUT2D eigenvalue weighted by molar-refractivity contribution is 7.73. The number of rotatable bonds is 6. The number of methoxy groups -OCH3 is 1. The summed E-state index contributed by atoms with van der Waals surface area (Å²) in [6, 6.07) is 14.5. The maximum atomic E-state index is 12.7. The third-order valence-corrected chi connectivity index (χ3v) is 5.17. The zero-order chi connectivity index (χ0) is 19.4. The van der Waals surface area contributed by atoms with E-state index in [9.17, 15) is 4.79 Å². The molecule has 3 N–H and O–H groups in total. The van der Waals surface area contributed by atoms with Gasteiger partial charge < -0.3 is 20.5 Å². The minimum atomic E-state index is -0.318. The maximum absolute atomic E-state index is 12.7. The Balaban J connectivity index is 1.88. The first kappa shape index (κ1) is 18.9. The summed E-state index contributed by atoms with van der Waals surface area (Å²) in [7, 11) is 1.57. The number of anilines is 2. The number of ether oxygens (including phenoxy) is 2. The van der Waals surface area contributed by atoms with Gasteiger partial charge >= 0.3 is 0 Å². The first-order chi connectivity index (χ1) is 13.0. The topological polar surface area (TPSA) is 78.5 Å². The van der Waals surface area contributed by atoms with Crippen LogP contribution in [-0.4, -0.2) is 24.2 Å². The van der Waals surface area contributed by atoms with Crippen molar-refractivity contribution in [3.63, 3.8) is 0 Å². The van der Waals surface area contributed by atoms with Gasteiger partial charge in [0.2, 0.25) is 0 Å². The van der Waals surface area contributed by atoms with Crippen LogP contribution in [-0.2, 0) is 0 Å². The van der Waals surface area contributed by atoms with E-state index < -0.39 is 0 Å². The Bertz CT molecular complexity index is 1010. The molecule has 1 heterocycles. The Morgan fingerprint density at radius 3 is 2.63 bits per heavy atom. The Hall–Kier alpha value is -2.84. The number of amides is 1. The Kier molecular flexibility index (Phi) is 5.78. The normalized spacial score (nSPS) is 10.4. The van der Waals surface area contributed by atoms with E-state index >= 15 is 0 Å². The van der Waals surface area contributed by atoms with Crippen LogP contribution in [0.3, 0.4) is 0 Å². The van der Waals surface area contributed by atoms with Crippen molar-refractivity contribution in [1.29, 1.82) is 0 Å². The van der Waals surface area contributed by atoms with Crippen molar-refractivity contribution in [2.24, 2.45) is 0 Å². The van der Waals surface area contributed by atoms with Crippen molar-refractivity contribution in [3.8, 4) is 17.2 Å². The summed E-state index contributed by atoms with van der Waals surface area (Å²) >= 11 is 6.59. The average molecular weight is 402 g/mol. The number of benzene rings is 2. The lowest BCUT2D eigenvalue weighted by Gasteiger charge is -2.09. The van der Waals surface area contributed by atoms with Crippen molar-refractivity contribution in [2.75, 3.05) is 24.8 Å². The fourth-order valence-corrected chi connectivity index (χ4v) is 3.80. The summed E-state index contributed by atoms with van der Waals surface area (Å²) in [6.07, 6.45) is 0. The highest BCUT2D eigenvalue weighted by Crippen LogP contribution is 2.28. The highest BCUT2D eigenvalue weighted by Gasteiger charge is 2.18. The molecular weight excluding hydrogens is 382 g/mol. The van der Waals surface area contributed by atoms with Gasteiger partial charge in [-0.25, -0.2) is 0 Å². The smallest absolute Gasteiger partial charge is 0.269 e. The molecular formula is C19H19N3O3S2. The second kappa shape index (κ2) is 8.24. The lowest BCUT2D eigenvalue weighted by Crippen LogP contribution is -2.13. The van der Waals surface area contributed by atoms with E-state index in [4.69, 9.17) is 27.4 Å². The second-order valence-electron chi connectivity index (χ2n) is 5.53. The predicted octanol–water partition coefficient (Wildman–Crippen LogP) is 4.51. The van der Waals surface area contributed by atoms with Crippen LogP contribution in [0.1, 0.15) is 16.6 Å². The molecule has 0 saturated heterocycles. The molecule has 6 nitrogen and oxygen atoms in total. The van der Waals surface area contributed by atoms with E-state index in [2.05, 4.69) is 5.32 Å². The van der Waals surface area contributed by atoms with Gasteiger partial charge in [-0.15, -0.1) is 0 Å². The molecule has 0 atom stereocenters. The molecule has 0 bridgehead atoms. The van der Waals surface area contributed by atoms with E-state index in [1.54, 1.807) is 35.9 Å². The van der Waals surface area contributed by atoms with Crippen LogP contribution >= 0.6 is 23.6 Å². The highest BCUT2D eigenvalue weighted by atomic mass is 32.1. The molecule has 3 rings (SSSR count). The number of carbonyl (C=O) groups excluding carboxylic acids is 1. The standard InChI is InChI=1S/C19H19N3O3S2/c1-3-25-14-9-7-13(8-10-14)22-17(20)16(27-19(22)26)18(23)21-12-5-4-6-15(11-12)24-2/h4-11H,3,20H2,1-2H3,(H,21,23). The van der Waals surface area contributed by atoms with Crippen LogP contribution in [0.25, 0.3) is 5.69 Å². The Labute approximate surface area is 166 Å². The molecule has 0 aliphatic rings. The van der Waals surface area contributed by atoms with Gasteiger partial charge in [0.05, 0.1) is 13.7 Å². The van der Waals surface area contributed by atoms with Crippen molar-refractivity contribution in [1.82, 2.24) is 4.57 Å². The van der Waals surface area contributed by atoms with E-state index in [-0.39, 0.29) is 5.91 Å². The number of thiazole rings is 1. The number of nitrogen functional groups attached to an aromatic ring is 1. The minimum Gasteiger partial charge on any atom is -0.497 e. The van der Waals surface area contributed by atoms with Gasteiger partial charge in [-0.1, -0.05) is 17.4 Å². The van der Waals surface area contributed by atoms with Crippen molar-refractivity contribution >= 4 is 41.0 Å². The zero-order valence-electron chi connectivity index (χ0n) is 14.9.